The number of halogens is 1. The van der Waals surface area contributed by atoms with Crippen molar-refractivity contribution in [3.05, 3.63) is 47.0 Å². The maximum atomic E-state index is 13.1. The van der Waals surface area contributed by atoms with Crippen molar-refractivity contribution in [1.29, 1.82) is 0 Å². The average molecular weight is 277 g/mol. The number of nitrogens with zero attached hydrogens (tertiary/aromatic N) is 2. The number of phenolic OH excluding ortho intramolecular Hbond substituents is 1. The van der Waals surface area contributed by atoms with Gasteiger partial charge in [-0.05, 0) is 32.0 Å². The van der Waals surface area contributed by atoms with Gasteiger partial charge < -0.3 is 10.4 Å². The Kier molecular flexibility index (Phi) is 3.74. The van der Waals surface area contributed by atoms with Crippen LogP contribution in [-0.4, -0.2) is 20.8 Å². The average Bonchev–Trinajstić information content (AvgIpc) is 2.71. The molecule has 0 aliphatic rings. The predicted molar refractivity (Wildman–Crippen MR) is 71.9 cm³/mol. The van der Waals surface area contributed by atoms with Gasteiger partial charge in [0, 0.05) is 18.8 Å². The molecule has 0 spiro atoms. The van der Waals surface area contributed by atoms with Crippen LogP contribution in [0.25, 0.3) is 0 Å². The fraction of sp³-hybridized carbons (Fsp3) is 0.286. The Morgan fingerprint density at radius 2 is 2.20 bits per heavy atom. The molecule has 0 fully saturated rings. The third-order valence-corrected chi connectivity index (χ3v) is 3.07. The molecule has 1 aromatic heterocycles. The van der Waals surface area contributed by atoms with Crippen LogP contribution in [0.5, 0.6) is 5.75 Å². The number of rotatable bonds is 3. The molecule has 1 amide bonds. The van der Waals surface area contributed by atoms with Crippen LogP contribution >= 0.6 is 0 Å². The number of hydrogen-bond acceptors (Lipinski definition) is 3. The molecule has 0 bridgehead atoms. The number of benzene rings is 1. The van der Waals surface area contributed by atoms with Gasteiger partial charge in [0.2, 0.25) is 0 Å². The molecule has 0 saturated carbocycles. The number of carbonyl (C=O) groups excluding carboxylic acids is 1. The molecule has 0 aliphatic heterocycles. The zero-order chi connectivity index (χ0) is 14.9. The van der Waals surface area contributed by atoms with Crippen molar-refractivity contribution in [2.75, 3.05) is 0 Å². The quantitative estimate of drug-likeness (QED) is 0.902. The first-order valence-corrected chi connectivity index (χ1v) is 6.18. The van der Waals surface area contributed by atoms with Gasteiger partial charge in [0.25, 0.3) is 5.91 Å². The second-order valence-electron chi connectivity index (χ2n) is 4.70. The molecule has 1 atom stereocenters. The van der Waals surface area contributed by atoms with E-state index in [0.29, 0.717) is 0 Å². The lowest BCUT2D eigenvalue weighted by molar-refractivity contribution is 0.0936. The highest BCUT2D eigenvalue weighted by Crippen LogP contribution is 2.20. The highest BCUT2D eigenvalue weighted by molar-refractivity contribution is 5.97. The standard InChI is InChI=1S/C14H16FN3O2/c1-8(12-7-18(3)17-9(12)2)16-14(20)11-6-10(15)4-5-13(11)19/h4-8,19H,1-3H3,(H,16,20)/t8-/m1/s1. The smallest absolute Gasteiger partial charge is 0.255 e. The Morgan fingerprint density at radius 3 is 2.80 bits per heavy atom. The van der Waals surface area contributed by atoms with E-state index in [0.717, 1.165) is 29.5 Å². The number of amides is 1. The Morgan fingerprint density at radius 1 is 1.50 bits per heavy atom. The lowest BCUT2D eigenvalue weighted by atomic mass is 10.1. The number of nitrogens with one attached hydrogen (secondary N) is 1. The first-order valence-electron chi connectivity index (χ1n) is 6.18. The van der Waals surface area contributed by atoms with Crippen molar-refractivity contribution in [2.45, 2.75) is 19.9 Å². The Labute approximate surface area is 116 Å². The minimum atomic E-state index is -0.571. The van der Waals surface area contributed by atoms with Crippen LogP contribution in [0.2, 0.25) is 0 Å². The monoisotopic (exact) mass is 277 g/mol. The third kappa shape index (κ3) is 2.79. The van der Waals surface area contributed by atoms with E-state index in [4.69, 9.17) is 0 Å². The topological polar surface area (TPSA) is 67.2 Å². The van der Waals surface area contributed by atoms with E-state index in [9.17, 15) is 14.3 Å². The molecule has 2 aromatic rings. The van der Waals surface area contributed by atoms with E-state index in [1.54, 1.807) is 18.7 Å². The second-order valence-corrected chi connectivity index (χ2v) is 4.70. The van der Waals surface area contributed by atoms with Crippen molar-refractivity contribution in [2.24, 2.45) is 7.05 Å². The van der Waals surface area contributed by atoms with Gasteiger partial charge in [-0.1, -0.05) is 0 Å². The van der Waals surface area contributed by atoms with Gasteiger partial charge >= 0.3 is 0 Å². The summed E-state index contributed by atoms with van der Waals surface area (Å²) in [5.41, 5.74) is 1.60. The van der Waals surface area contributed by atoms with E-state index in [1.165, 1.54) is 0 Å². The molecular weight excluding hydrogens is 261 g/mol. The van der Waals surface area contributed by atoms with Gasteiger partial charge in [-0.3, -0.25) is 9.48 Å². The summed E-state index contributed by atoms with van der Waals surface area (Å²) in [5.74, 6) is -1.35. The van der Waals surface area contributed by atoms with Gasteiger partial charge in [-0.25, -0.2) is 4.39 Å². The van der Waals surface area contributed by atoms with Crippen LogP contribution < -0.4 is 5.32 Å². The number of aromatic nitrogens is 2. The summed E-state index contributed by atoms with van der Waals surface area (Å²) < 4.78 is 14.8. The largest absolute Gasteiger partial charge is 0.507 e. The molecule has 0 saturated heterocycles. The molecule has 0 aliphatic carbocycles. The fourth-order valence-corrected chi connectivity index (χ4v) is 2.09. The van der Waals surface area contributed by atoms with Gasteiger partial charge in [0.15, 0.2) is 0 Å². The van der Waals surface area contributed by atoms with E-state index >= 15 is 0 Å². The summed E-state index contributed by atoms with van der Waals surface area (Å²) in [6.45, 7) is 3.65. The zero-order valence-electron chi connectivity index (χ0n) is 11.5. The summed E-state index contributed by atoms with van der Waals surface area (Å²) >= 11 is 0. The summed E-state index contributed by atoms with van der Waals surface area (Å²) in [6.07, 6.45) is 1.81. The fourth-order valence-electron chi connectivity index (χ4n) is 2.09. The Hall–Kier alpha value is -2.37. The van der Waals surface area contributed by atoms with E-state index < -0.39 is 11.7 Å². The van der Waals surface area contributed by atoms with Gasteiger partial charge in [0.1, 0.15) is 11.6 Å². The molecule has 0 unspecified atom stereocenters. The van der Waals surface area contributed by atoms with Crippen LogP contribution in [0, 0.1) is 12.7 Å². The lowest BCUT2D eigenvalue weighted by Crippen LogP contribution is -2.27. The molecule has 2 rings (SSSR count). The number of carbonyl (C=O) groups is 1. The normalized spacial score (nSPS) is 12.2. The molecule has 2 N–H and O–H groups in total. The van der Waals surface area contributed by atoms with Crippen molar-refractivity contribution in [1.82, 2.24) is 15.1 Å². The highest BCUT2D eigenvalue weighted by atomic mass is 19.1. The summed E-state index contributed by atoms with van der Waals surface area (Å²) in [6, 6.07) is 2.97. The van der Waals surface area contributed by atoms with Gasteiger partial charge in [-0.15, -0.1) is 0 Å². The maximum absolute atomic E-state index is 13.1. The molecule has 6 heteroatoms. The van der Waals surface area contributed by atoms with Crippen LogP contribution in [0.3, 0.4) is 0 Å². The van der Waals surface area contributed by atoms with Gasteiger partial charge in [0.05, 0.1) is 17.3 Å². The van der Waals surface area contributed by atoms with Crippen molar-refractivity contribution in [3.8, 4) is 5.75 Å². The first kappa shape index (κ1) is 14.0. The summed E-state index contributed by atoms with van der Waals surface area (Å²) in [7, 11) is 1.80. The second kappa shape index (κ2) is 5.32. The lowest BCUT2D eigenvalue weighted by Gasteiger charge is -2.14. The minimum Gasteiger partial charge on any atom is -0.507 e. The van der Waals surface area contributed by atoms with Crippen molar-refractivity contribution < 1.29 is 14.3 Å². The maximum Gasteiger partial charge on any atom is 0.255 e. The number of phenols is 1. The Bertz CT molecular complexity index is 652. The van der Waals surface area contributed by atoms with Crippen LogP contribution in [-0.2, 0) is 7.05 Å². The zero-order valence-corrected chi connectivity index (χ0v) is 11.5. The van der Waals surface area contributed by atoms with E-state index in [-0.39, 0.29) is 17.4 Å². The van der Waals surface area contributed by atoms with Gasteiger partial charge in [-0.2, -0.15) is 5.10 Å². The molecule has 5 nitrogen and oxygen atoms in total. The number of aromatic hydroxyl groups is 1. The van der Waals surface area contributed by atoms with E-state index in [1.807, 2.05) is 13.1 Å². The van der Waals surface area contributed by atoms with Crippen LogP contribution in [0.15, 0.2) is 24.4 Å². The summed E-state index contributed by atoms with van der Waals surface area (Å²) in [4.78, 5) is 12.1. The molecule has 20 heavy (non-hydrogen) atoms. The molecular formula is C14H16FN3O2. The molecule has 1 aromatic carbocycles. The molecule has 106 valence electrons. The van der Waals surface area contributed by atoms with Crippen molar-refractivity contribution >= 4 is 5.91 Å². The van der Waals surface area contributed by atoms with Crippen LogP contribution in [0.4, 0.5) is 4.39 Å². The molecule has 1 heterocycles. The van der Waals surface area contributed by atoms with Crippen LogP contribution in [0.1, 0.15) is 34.6 Å². The van der Waals surface area contributed by atoms with Crippen molar-refractivity contribution in [3.63, 3.8) is 0 Å². The predicted octanol–water partition coefficient (Wildman–Crippen LogP) is 2.06. The molecule has 0 radical (unpaired) electrons. The third-order valence-electron chi connectivity index (χ3n) is 3.07. The van der Waals surface area contributed by atoms with E-state index in [2.05, 4.69) is 10.4 Å². The SMILES string of the molecule is Cc1nn(C)cc1[C@@H](C)NC(=O)c1cc(F)ccc1O. The highest BCUT2D eigenvalue weighted by Gasteiger charge is 2.18. The number of hydrogen-bond donors (Lipinski definition) is 2. The Balaban J connectivity index is 2.19. The summed E-state index contributed by atoms with van der Waals surface area (Å²) in [5, 5.41) is 16.5. The minimum absolute atomic E-state index is 0.0848. The first-order chi connectivity index (χ1) is 9.38. The number of aryl methyl sites for hydroxylation is 2.